The van der Waals surface area contributed by atoms with E-state index >= 15 is 0 Å². The van der Waals surface area contributed by atoms with Crippen molar-refractivity contribution in [1.29, 1.82) is 5.26 Å². The number of nitriles is 1. The molecule has 6 heteroatoms. The summed E-state index contributed by atoms with van der Waals surface area (Å²) in [5, 5.41) is 9.51. The molecule has 0 spiro atoms. The van der Waals surface area contributed by atoms with Gasteiger partial charge >= 0.3 is 0 Å². The Hall–Kier alpha value is -1.64. The fourth-order valence-electron chi connectivity index (χ4n) is 1.50. The summed E-state index contributed by atoms with van der Waals surface area (Å²) in [6, 6.07) is 7.33. The van der Waals surface area contributed by atoms with Gasteiger partial charge in [-0.2, -0.15) is 5.26 Å². The largest absolute Gasteiger partial charge is 0.382 e. The van der Waals surface area contributed by atoms with Crippen LogP contribution in [-0.2, 0) is 0 Å². The van der Waals surface area contributed by atoms with Crippen LogP contribution < -0.4 is 5.73 Å². The van der Waals surface area contributed by atoms with Crippen molar-refractivity contribution in [3.05, 3.63) is 39.0 Å². The standard InChI is InChI=1S/C12H8BrClN4/c1-6-8(5-15)11(16)18-12(17-6)7-2-3-10(14)9(13)4-7/h2-4H,1H3,(H2,16,17,18). The Morgan fingerprint density at radius 2 is 2.11 bits per heavy atom. The van der Waals surface area contributed by atoms with Crippen LogP contribution in [0.4, 0.5) is 5.82 Å². The Morgan fingerprint density at radius 1 is 1.39 bits per heavy atom. The molecule has 0 aliphatic carbocycles. The molecule has 18 heavy (non-hydrogen) atoms. The monoisotopic (exact) mass is 322 g/mol. The second-order valence-electron chi connectivity index (χ2n) is 3.63. The van der Waals surface area contributed by atoms with E-state index < -0.39 is 0 Å². The van der Waals surface area contributed by atoms with Crippen LogP contribution in [0.5, 0.6) is 0 Å². The van der Waals surface area contributed by atoms with E-state index in [1.54, 1.807) is 19.1 Å². The molecule has 0 aliphatic rings. The number of aromatic nitrogens is 2. The lowest BCUT2D eigenvalue weighted by atomic mass is 10.2. The lowest BCUT2D eigenvalue weighted by Gasteiger charge is -2.06. The number of nitrogens with zero attached hydrogens (tertiary/aromatic N) is 3. The molecule has 2 aromatic rings. The van der Waals surface area contributed by atoms with Crippen molar-refractivity contribution in [2.45, 2.75) is 6.92 Å². The van der Waals surface area contributed by atoms with Crippen LogP contribution in [0, 0.1) is 18.3 Å². The summed E-state index contributed by atoms with van der Waals surface area (Å²) in [5.41, 5.74) is 7.38. The molecule has 2 N–H and O–H groups in total. The predicted molar refractivity (Wildman–Crippen MR) is 74.0 cm³/mol. The maximum atomic E-state index is 8.91. The quantitative estimate of drug-likeness (QED) is 0.873. The van der Waals surface area contributed by atoms with E-state index in [0.717, 1.165) is 10.0 Å². The van der Waals surface area contributed by atoms with E-state index in [4.69, 9.17) is 22.6 Å². The highest BCUT2D eigenvalue weighted by Crippen LogP contribution is 2.28. The summed E-state index contributed by atoms with van der Waals surface area (Å²) >= 11 is 9.26. The first-order valence-electron chi connectivity index (χ1n) is 5.02. The first-order chi connectivity index (χ1) is 8.52. The number of halogens is 2. The second-order valence-corrected chi connectivity index (χ2v) is 4.90. The summed E-state index contributed by atoms with van der Waals surface area (Å²) in [6.07, 6.45) is 0. The number of nitrogens with two attached hydrogens (primary N) is 1. The first kappa shape index (κ1) is 12.8. The zero-order valence-electron chi connectivity index (χ0n) is 9.41. The molecule has 0 aliphatic heterocycles. The summed E-state index contributed by atoms with van der Waals surface area (Å²) < 4.78 is 0.755. The number of nitrogen functional groups attached to an aromatic ring is 1. The van der Waals surface area contributed by atoms with Gasteiger partial charge in [-0.3, -0.25) is 0 Å². The highest BCUT2D eigenvalue weighted by molar-refractivity contribution is 9.10. The highest BCUT2D eigenvalue weighted by atomic mass is 79.9. The zero-order chi connectivity index (χ0) is 13.3. The van der Waals surface area contributed by atoms with Crippen LogP contribution in [0.2, 0.25) is 5.02 Å². The number of rotatable bonds is 1. The minimum Gasteiger partial charge on any atom is -0.382 e. The topological polar surface area (TPSA) is 75.6 Å². The maximum absolute atomic E-state index is 8.91. The Morgan fingerprint density at radius 3 is 2.67 bits per heavy atom. The second kappa shape index (κ2) is 4.92. The van der Waals surface area contributed by atoms with Crippen molar-refractivity contribution in [3.63, 3.8) is 0 Å². The average Bonchev–Trinajstić information content (AvgIpc) is 2.32. The van der Waals surface area contributed by atoms with Crippen molar-refractivity contribution in [1.82, 2.24) is 9.97 Å². The van der Waals surface area contributed by atoms with Crippen LogP contribution in [0.3, 0.4) is 0 Å². The Bertz CT molecular complexity index is 641. The first-order valence-corrected chi connectivity index (χ1v) is 6.19. The third kappa shape index (κ3) is 2.30. The molecule has 0 bridgehead atoms. The van der Waals surface area contributed by atoms with Gasteiger partial charge in [0, 0.05) is 10.0 Å². The van der Waals surface area contributed by atoms with E-state index in [1.165, 1.54) is 0 Å². The van der Waals surface area contributed by atoms with Gasteiger partial charge in [0.1, 0.15) is 17.5 Å². The molecule has 2 rings (SSSR count). The minimum atomic E-state index is 0.186. The molecule has 1 aromatic carbocycles. The van der Waals surface area contributed by atoms with Crippen LogP contribution in [-0.4, -0.2) is 9.97 Å². The van der Waals surface area contributed by atoms with Gasteiger partial charge < -0.3 is 5.73 Å². The SMILES string of the molecule is Cc1nc(-c2ccc(Cl)c(Br)c2)nc(N)c1C#N. The maximum Gasteiger partial charge on any atom is 0.161 e. The Kier molecular flexibility index (Phi) is 3.50. The van der Waals surface area contributed by atoms with Crippen molar-refractivity contribution < 1.29 is 0 Å². The third-order valence-corrected chi connectivity index (χ3v) is 3.62. The van der Waals surface area contributed by atoms with Gasteiger partial charge in [0.2, 0.25) is 0 Å². The smallest absolute Gasteiger partial charge is 0.161 e. The van der Waals surface area contributed by atoms with Gasteiger partial charge in [-0.05, 0) is 41.1 Å². The molecule has 90 valence electrons. The summed E-state index contributed by atoms with van der Waals surface area (Å²) in [7, 11) is 0. The zero-order valence-corrected chi connectivity index (χ0v) is 11.7. The number of anilines is 1. The van der Waals surface area contributed by atoms with Crippen molar-refractivity contribution >= 4 is 33.3 Å². The van der Waals surface area contributed by atoms with E-state index in [-0.39, 0.29) is 5.82 Å². The van der Waals surface area contributed by atoms with E-state index in [0.29, 0.717) is 22.1 Å². The average molecular weight is 324 g/mol. The lowest BCUT2D eigenvalue weighted by Crippen LogP contribution is -2.02. The normalized spacial score (nSPS) is 10.1. The minimum absolute atomic E-state index is 0.186. The van der Waals surface area contributed by atoms with Crippen LogP contribution in [0.1, 0.15) is 11.3 Å². The summed E-state index contributed by atoms with van der Waals surface area (Å²) in [5.74, 6) is 0.660. The molecule has 0 fully saturated rings. The Balaban J connectivity index is 2.59. The number of hydrogen-bond acceptors (Lipinski definition) is 4. The number of aryl methyl sites for hydroxylation is 1. The molecule has 1 aromatic heterocycles. The van der Waals surface area contributed by atoms with Gasteiger partial charge in [0.15, 0.2) is 5.82 Å². The van der Waals surface area contributed by atoms with Crippen molar-refractivity contribution in [2.75, 3.05) is 5.73 Å². The highest BCUT2D eigenvalue weighted by Gasteiger charge is 2.11. The third-order valence-electron chi connectivity index (χ3n) is 2.41. The van der Waals surface area contributed by atoms with Crippen molar-refractivity contribution in [3.8, 4) is 17.5 Å². The van der Waals surface area contributed by atoms with E-state index in [9.17, 15) is 0 Å². The molecule has 0 saturated heterocycles. The molecule has 0 amide bonds. The van der Waals surface area contributed by atoms with E-state index in [1.807, 2.05) is 12.1 Å². The van der Waals surface area contributed by atoms with Gasteiger partial charge in [-0.1, -0.05) is 11.6 Å². The fourth-order valence-corrected chi connectivity index (χ4v) is 1.99. The molecular formula is C12H8BrClN4. The summed E-state index contributed by atoms with van der Waals surface area (Å²) in [6.45, 7) is 1.73. The number of benzene rings is 1. The van der Waals surface area contributed by atoms with Gasteiger partial charge in [-0.15, -0.1) is 0 Å². The van der Waals surface area contributed by atoms with Crippen LogP contribution in [0.25, 0.3) is 11.4 Å². The molecule has 4 nitrogen and oxygen atoms in total. The van der Waals surface area contributed by atoms with Crippen LogP contribution >= 0.6 is 27.5 Å². The predicted octanol–water partition coefficient (Wildman–Crippen LogP) is 3.32. The lowest BCUT2D eigenvalue weighted by molar-refractivity contribution is 1.10. The van der Waals surface area contributed by atoms with Gasteiger partial charge in [0.25, 0.3) is 0 Å². The molecule has 0 atom stereocenters. The van der Waals surface area contributed by atoms with Crippen LogP contribution in [0.15, 0.2) is 22.7 Å². The Labute approximate surface area is 118 Å². The van der Waals surface area contributed by atoms with Gasteiger partial charge in [-0.25, -0.2) is 9.97 Å². The van der Waals surface area contributed by atoms with Crippen molar-refractivity contribution in [2.24, 2.45) is 0 Å². The fraction of sp³-hybridized carbons (Fsp3) is 0.0833. The molecule has 0 unspecified atom stereocenters. The molecular weight excluding hydrogens is 316 g/mol. The molecule has 0 radical (unpaired) electrons. The molecule has 1 heterocycles. The van der Waals surface area contributed by atoms with E-state index in [2.05, 4.69) is 25.9 Å². The van der Waals surface area contributed by atoms with Gasteiger partial charge in [0.05, 0.1) is 10.7 Å². The summed E-state index contributed by atoms with van der Waals surface area (Å²) in [4.78, 5) is 8.39. The molecule has 0 saturated carbocycles. The number of hydrogen-bond donors (Lipinski definition) is 1.